The summed E-state index contributed by atoms with van der Waals surface area (Å²) in [6.07, 6.45) is 3.76. The molecular weight excluding hydrogens is 318 g/mol. The molecule has 0 spiro atoms. The molecule has 1 N–H and O–H groups in total. The van der Waals surface area contributed by atoms with Crippen LogP contribution in [-0.4, -0.2) is 56.5 Å². The quantitative estimate of drug-likeness (QED) is 0.852. The number of hydrogen-bond acceptors (Lipinski definition) is 4. The molecule has 0 aromatic heterocycles. The summed E-state index contributed by atoms with van der Waals surface area (Å²) in [5.74, 6) is 1.40. The van der Waals surface area contributed by atoms with E-state index in [0.717, 1.165) is 44.7 Å². The van der Waals surface area contributed by atoms with Gasteiger partial charge in [-0.2, -0.15) is 0 Å². The Morgan fingerprint density at radius 1 is 1.24 bits per heavy atom. The smallest absolute Gasteiger partial charge is 0.260 e. The van der Waals surface area contributed by atoms with Crippen molar-refractivity contribution in [2.75, 3.05) is 44.7 Å². The molecule has 6 nitrogen and oxygen atoms in total. The molecule has 0 radical (unpaired) electrons. The number of amides is 2. The summed E-state index contributed by atoms with van der Waals surface area (Å²) in [6, 6.07) is 7.42. The Labute approximate surface area is 149 Å². The fraction of sp³-hybridized carbons (Fsp3) is 0.579. The van der Waals surface area contributed by atoms with Gasteiger partial charge in [0.2, 0.25) is 5.91 Å². The maximum Gasteiger partial charge on any atom is 0.260 e. The molecule has 1 unspecified atom stereocenters. The lowest BCUT2D eigenvalue weighted by Crippen LogP contribution is -2.44. The Morgan fingerprint density at radius 2 is 2.04 bits per heavy atom. The second-order valence-electron chi connectivity index (χ2n) is 6.84. The number of nitrogens with one attached hydrogen (secondary N) is 1. The Kier molecular flexibility index (Phi) is 5.91. The van der Waals surface area contributed by atoms with Crippen LogP contribution in [0, 0.1) is 5.92 Å². The van der Waals surface area contributed by atoms with Crippen molar-refractivity contribution in [3.63, 3.8) is 0 Å². The molecule has 2 saturated heterocycles. The van der Waals surface area contributed by atoms with Gasteiger partial charge >= 0.3 is 0 Å². The molecule has 136 valence electrons. The zero-order chi connectivity index (χ0) is 17.6. The van der Waals surface area contributed by atoms with Crippen molar-refractivity contribution in [1.29, 1.82) is 0 Å². The summed E-state index contributed by atoms with van der Waals surface area (Å²) in [4.78, 5) is 27.8. The topological polar surface area (TPSA) is 61.9 Å². The maximum atomic E-state index is 12.4. The maximum absolute atomic E-state index is 12.4. The molecule has 3 rings (SSSR count). The summed E-state index contributed by atoms with van der Waals surface area (Å²) >= 11 is 0. The second kappa shape index (κ2) is 8.34. The van der Waals surface area contributed by atoms with Gasteiger partial charge in [-0.15, -0.1) is 0 Å². The fourth-order valence-corrected chi connectivity index (χ4v) is 3.63. The second-order valence-corrected chi connectivity index (χ2v) is 6.84. The monoisotopic (exact) mass is 345 g/mol. The first-order valence-electron chi connectivity index (χ1n) is 9.13. The minimum atomic E-state index is 0.0413. The van der Waals surface area contributed by atoms with E-state index in [4.69, 9.17) is 4.74 Å². The van der Waals surface area contributed by atoms with E-state index in [0.29, 0.717) is 18.1 Å². The van der Waals surface area contributed by atoms with Gasteiger partial charge < -0.3 is 19.9 Å². The first-order valence-corrected chi connectivity index (χ1v) is 9.13. The molecule has 0 saturated carbocycles. The lowest BCUT2D eigenvalue weighted by Gasteiger charge is -2.32. The van der Waals surface area contributed by atoms with Crippen LogP contribution >= 0.6 is 0 Å². The van der Waals surface area contributed by atoms with Crippen molar-refractivity contribution in [3.8, 4) is 5.75 Å². The van der Waals surface area contributed by atoms with Crippen molar-refractivity contribution in [2.24, 2.45) is 5.92 Å². The number of carbonyl (C=O) groups excluding carboxylic acids is 2. The number of benzene rings is 1. The largest absolute Gasteiger partial charge is 0.484 e. The van der Waals surface area contributed by atoms with Crippen molar-refractivity contribution < 1.29 is 14.3 Å². The molecule has 1 aromatic carbocycles. The number of likely N-dealkylation sites (tertiary alicyclic amines) is 1. The normalized spacial score (nSPS) is 20.8. The van der Waals surface area contributed by atoms with E-state index in [1.54, 1.807) is 4.90 Å². The van der Waals surface area contributed by atoms with Gasteiger partial charge in [0.25, 0.3) is 5.91 Å². The van der Waals surface area contributed by atoms with Crippen LogP contribution in [0.25, 0.3) is 0 Å². The van der Waals surface area contributed by atoms with Gasteiger partial charge in [0.05, 0.1) is 0 Å². The van der Waals surface area contributed by atoms with E-state index < -0.39 is 0 Å². The van der Waals surface area contributed by atoms with E-state index >= 15 is 0 Å². The van der Waals surface area contributed by atoms with Crippen LogP contribution in [0.15, 0.2) is 24.3 Å². The molecule has 1 atom stereocenters. The fourth-order valence-electron chi connectivity index (χ4n) is 3.63. The first kappa shape index (κ1) is 17.7. The molecule has 2 amide bonds. The third kappa shape index (κ3) is 4.51. The van der Waals surface area contributed by atoms with E-state index in [1.807, 2.05) is 36.2 Å². The average molecular weight is 345 g/mol. The van der Waals surface area contributed by atoms with Crippen LogP contribution in [0.2, 0.25) is 0 Å². The summed E-state index contributed by atoms with van der Waals surface area (Å²) in [5, 5.41) is 3.19. The molecule has 25 heavy (non-hydrogen) atoms. The first-order chi connectivity index (χ1) is 12.2. The number of anilines is 1. The van der Waals surface area contributed by atoms with Gasteiger partial charge in [-0.3, -0.25) is 9.59 Å². The Balaban J connectivity index is 1.49. The van der Waals surface area contributed by atoms with Crippen molar-refractivity contribution in [1.82, 2.24) is 10.2 Å². The standard InChI is InChI=1S/C19H27N3O3/c1-20-12-15-4-2-10-21(13-15)19(24)14-25-17-8-6-16(7-9-17)22-11-3-5-18(22)23/h6-9,15,20H,2-5,10-14H2,1H3. The van der Waals surface area contributed by atoms with E-state index in [2.05, 4.69) is 5.32 Å². The molecule has 0 bridgehead atoms. The molecule has 6 heteroatoms. The van der Waals surface area contributed by atoms with E-state index in [-0.39, 0.29) is 18.4 Å². The van der Waals surface area contributed by atoms with Crippen LogP contribution in [0.4, 0.5) is 5.69 Å². The predicted octanol–water partition coefficient (Wildman–Crippen LogP) is 1.65. The van der Waals surface area contributed by atoms with E-state index in [1.165, 1.54) is 6.42 Å². The third-order valence-corrected chi connectivity index (χ3v) is 4.95. The van der Waals surface area contributed by atoms with Gasteiger partial charge in [0.1, 0.15) is 5.75 Å². The summed E-state index contributed by atoms with van der Waals surface area (Å²) in [7, 11) is 1.95. The molecule has 2 heterocycles. The molecule has 2 fully saturated rings. The highest BCUT2D eigenvalue weighted by atomic mass is 16.5. The molecule has 0 aliphatic carbocycles. The van der Waals surface area contributed by atoms with Crippen LogP contribution in [0.3, 0.4) is 0 Å². The number of hydrogen-bond donors (Lipinski definition) is 1. The van der Waals surface area contributed by atoms with Crippen LogP contribution in [-0.2, 0) is 9.59 Å². The minimum Gasteiger partial charge on any atom is -0.484 e. The van der Waals surface area contributed by atoms with Gasteiger partial charge in [0, 0.05) is 31.7 Å². The highest BCUT2D eigenvalue weighted by Crippen LogP contribution is 2.24. The zero-order valence-electron chi connectivity index (χ0n) is 14.9. The van der Waals surface area contributed by atoms with Gasteiger partial charge in [0.15, 0.2) is 6.61 Å². The highest BCUT2D eigenvalue weighted by Gasteiger charge is 2.24. The van der Waals surface area contributed by atoms with Crippen molar-refractivity contribution in [3.05, 3.63) is 24.3 Å². The third-order valence-electron chi connectivity index (χ3n) is 4.95. The Bertz CT molecular complexity index is 600. The number of ether oxygens (including phenoxy) is 1. The summed E-state index contributed by atoms with van der Waals surface area (Å²) < 4.78 is 5.65. The van der Waals surface area contributed by atoms with Crippen LogP contribution in [0.5, 0.6) is 5.75 Å². The summed E-state index contributed by atoms with van der Waals surface area (Å²) in [5.41, 5.74) is 0.895. The van der Waals surface area contributed by atoms with Crippen molar-refractivity contribution in [2.45, 2.75) is 25.7 Å². The van der Waals surface area contributed by atoms with Crippen LogP contribution in [0.1, 0.15) is 25.7 Å². The molecule has 2 aliphatic rings. The number of carbonyl (C=O) groups is 2. The molecular formula is C19H27N3O3. The molecule has 2 aliphatic heterocycles. The lowest BCUT2D eigenvalue weighted by molar-refractivity contribution is -0.135. The lowest BCUT2D eigenvalue weighted by atomic mass is 9.98. The van der Waals surface area contributed by atoms with Gasteiger partial charge in [-0.1, -0.05) is 0 Å². The zero-order valence-corrected chi connectivity index (χ0v) is 14.9. The Hall–Kier alpha value is -2.08. The van der Waals surface area contributed by atoms with E-state index in [9.17, 15) is 9.59 Å². The van der Waals surface area contributed by atoms with Crippen molar-refractivity contribution >= 4 is 17.5 Å². The minimum absolute atomic E-state index is 0.0413. The number of piperidine rings is 1. The van der Waals surface area contributed by atoms with Gasteiger partial charge in [-0.05, 0) is 63.0 Å². The SMILES string of the molecule is CNCC1CCCN(C(=O)COc2ccc(N3CCCC3=O)cc2)C1. The highest BCUT2D eigenvalue weighted by molar-refractivity contribution is 5.95. The number of nitrogens with zero attached hydrogens (tertiary/aromatic N) is 2. The van der Waals surface area contributed by atoms with Gasteiger partial charge in [-0.25, -0.2) is 0 Å². The number of rotatable bonds is 6. The predicted molar refractivity (Wildman–Crippen MR) is 96.8 cm³/mol. The summed E-state index contributed by atoms with van der Waals surface area (Å²) in [6.45, 7) is 3.41. The molecule has 1 aromatic rings. The van der Waals surface area contributed by atoms with Crippen LogP contribution < -0.4 is 15.0 Å². The average Bonchev–Trinajstić information content (AvgIpc) is 3.07. The Morgan fingerprint density at radius 3 is 2.72 bits per heavy atom.